The Kier molecular flexibility index (Phi) is 3.95. The van der Waals surface area contributed by atoms with Crippen LogP contribution in [0, 0.1) is 19.7 Å². The smallest absolute Gasteiger partial charge is 0.267 e. The molecule has 2 heterocycles. The summed E-state index contributed by atoms with van der Waals surface area (Å²) in [4.78, 5) is 13.3. The lowest BCUT2D eigenvalue weighted by Gasteiger charge is -2.22. The van der Waals surface area contributed by atoms with E-state index in [1.807, 2.05) is 39.8 Å². The van der Waals surface area contributed by atoms with E-state index in [4.69, 9.17) is 0 Å². The minimum Gasteiger partial charge on any atom is -0.306 e. The van der Waals surface area contributed by atoms with E-state index in [0.29, 0.717) is 21.6 Å². The summed E-state index contributed by atoms with van der Waals surface area (Å²) in [7, 11) is 0. The lowest BCUT2D eigenvalue weighted by Crippen LogP contribution is -2.26. The van der Waals surface area contributed by atoms with Crippen LogP contribution in [0.25, 0.3) is 10.1 Å². The van der Waals surface area contributed by atoms with E-state index in [0.717, 1.165) is 10.4 Å². The van der Waals surface area contributed by atoms with Crippen molar-refractivity contribution in [1.82, 2.24) is 9.78 Å². The molecule has 0 aliphatic rings. The summed E-state index contributed by atoms with van der Waals surface area (Å²) in [5, 5.41) is 7.90. The minimum atomic E-state index is -0.295. The number of nitrogens with one attached hydrogen (secondary N) is 1. The Labute approximate surface area is 144 Å². The zero-order valence-electron chi connectivity index (χ0n) is 14.4. The number of fused-ring (bicyclic) bond motifs is 1. The Balaban J connectivity index is 2.00. The van der Waals surface area contributed by atoms with Crippen LogP contribution in [0.4, 0.5) is 10.2 Å². The van der Waals surface area contributed by atoms with Gasteiger partial charge in [-0.05, 0) is 52.3 Å². The SMILES string of the molecule is Cc1cc(NC(=O)c2sc3cccc(F)c3c2C)n(C(C)(C)C)n1. The van der Waals surface area contributed by atoms with Crippen molar-refractivity contribution in [2.45, 2.75) is 40.2 Å². The molecule has 1 N–H and O–H groups in total. The number of aryl methyl sites for hydroxylation is 2. The summed E-state index contributed by atoms with van der Waals surface area (Å²) >= 11 is 1.30. The van der Waals surface area contributed by atoms with Crippen molar-refractivity contribution in [2.75, 3.05) is 5.32 Å². The molecule has 0 spiro atoms. The number of anilines is 1. The molecule has 1 amide bonds. The highest BCUT2D eigenvalue weighted by Crippen LogP contribution is 2.33. The van der Waals surface area contributed by atoms with Gasteiger partial charge in [0.05, 0.1) is 16.1 Å². The van der Waals surface area contributed by atoms with Gasteiger partial charge >= 0.3 is 0 Å². The molecule has 0 fully saturated rings. The third-order valence-electron chi connectivity index (χ3n) is 3.82. The third kappa shape index (κ3) is 2.82. The maximum Gasteiger partial charge on any atom is 0.267 e. The predicted octanol–water partition coefficient (Wildman–Crippen LogP) is 4.86. The van der Waals surface area contributed by atoms with Gasteiger partial charge in [-0.2, -0.15) is 5.10 Å². The second kappa shape index (κ2) is 5.70. The number of benzene rings is 1. The molecule has 0 saturated carbocycles. The van der Waals surface area contributed by atoms with Gasteiger partial charge in [0.1, 0.15) is 11.6 Å². The fourth-order valence-electron chi connectivity index (χ4n) is 2.74. The highest BCUT2D eigenvalue weighted by molar-refractivity contribution is 7.21. The average Bonchev–Trinajstić information content (AvgIpc) is 3.00. The van der Waals surface area contributed by atoms with E-state index in [1.54, 1.807) is 17.7 Å². The Hall–Kier alpha value is -2.21. The number of hydrogen-bond donors (Lipinski definition) is 1. The number of amides is 1. The van der Waals surface area contributed by atoms with Gasteiger partial charge in [-0.25, -0.2) is 9.07 Å². The molecule has 6 heteroatoms. The lowest BCUT2D eigenvalue weighted by atomic mass is 10.1. The largest absolute Gasteiger partial charge is 0.306 e. The molecule has 0 aliphatic carbocycles. The number of halogens is 1. The molecule has 24 heavy (non-hydrogen) atoms. The first-order valence-corrected chi connectivity index (χ1v) is 8.56. The Morgan fingerprint density at radius 3 is 2.62 bits per heavy atom. The first kappa shape index (κ1) is 16.6. The molecule has 2 aromatic heterocycles. The van der Waals surface area contributed by atoms with Gasteiger partial charge in [-0.3, -0.25) is 4.79 Å². The van der Waals surface area contributed by atoms with Crippen molar-refractivity contribution in [3.05, 3.63) is 46.2 Å². The quantitative estimate of drug-likeness (QED) is 0.721. The maximum absolute atomic E-state index is 14.0. The standard InChI is InChI=1S/C18H20FN3OS/c1-10-9-14(22(21-10)18(3,4)5)20-17(23)16-11(2)15-12(19)7-6-8-13(15)24-16/h6-9H,1-5H3,(H,20,23). The van der Waals surface area contributed by atoms with Gasteiger partial charge in [0.25, 0.3) is 5.91 Å². The van der Waals surface area contributed by atoms with Crippen molar-refractivity contribution >= 4 is 33.1 Å². The minimum absolute atomic E-state index is 0.237. The Bertz CT molecular complexity index is 934. The highest BCUT2D eigenvalue weighted by atomic mass is 32.1. The predicted molar refractivity (Wildman–Crippen MR) is 96.4 cm³/mol. The molecule has 3 rings (SSSR count). The van der Waals surface area contributed by atoms with Crippen LogP contribution in [-0.4, -0.2) is 15.7 Å². The molecule has 1 aromatic carbocycles. The molecule has 126 valence electrons. The van der Waals surface area contributed by atoms with Crippen LogP contribution in [0.1, 0.15) is 41.7 Å². The van der Waals surface area contributed by atoms with Crippen LogP contribution in [0.3, 0.4) is 0 Å². The summed E-state index contributed by atoms with van der Waals surface area (Å²) in [6.45, 7) is 9.74. The zero-order valence-corrected chi connectivity index (χ0v) is 15.2. The lowest BCUT2D eigenvalue weighted by molar-refractivity contribution is 0.102. The van der Waals surface area contributed by atoms with E-state index in [9.17, 15) is 9.18 Å². The fourth-order valence-corrected chi connectivity index (χ4v) is 3.86. The molecule has 3 aromatic rings. The van der Waals surface area contributed by atoms with Crippen molar-refractivity contribution in [2.24, 2.45) is 0 Å². The summed E-state index contributed by atoms with van der Waals surface area (Å²) in [5.74, 6) is 0.108. The molecular weight excluding hydrogens is 325 g/mol. The van der Waals surface area contributed by atoms with Gasteiger partial charge in [-0.1, -0.05) is 6.07 Å². The third-order valence-corrected chi connectivity index (χ3v) is 5.07. The number of rotatable bonds is 2. The molecule has 0 unspecified atom stereocenters. The van der Waals surface area contributed by atoms with E-state index < -0.39 is 0 Å². The number of hydrogen-bond acceptors (Lipinski definition) is 3. The first-order valence-electron chi connectivity index (χ1n) is 7.74. The summed E-state index contributed by atoms with van der Waals surface area (Å²) in [6, 6.07) is 6.75. The zero-order chi connectivity index (χ0) is 17.6. The van der Waals surface area contributed by atoms with Crippen LogP contribution in [0.5, 0.6) is 0 Å². The molecule has 0 atom stereocenters. The van der Waals surface area contributed by atoms with Crippen molar-refractivity contribution in [3.8, 4) is 0 Å². The van der Waals surface area contributed by atoms with Crippen LogP contribution in [0.15, 0.2) is 24.3 Å². The summed E-state index contributed by atoms with van der Waals surface area (Å²) in [5.41, 5.74) is 1.25. The Morgan fingerprint density at radius 2 is 2.00 bits per heavy atom. The number of carbonyl (C=O) groups excluding carboxylic acids is 1. The number of aromatic nitrogens is 2. The number of nitrogens with zero attached hydrogens (tertiary/aromatic N) is 2. The number of thiophene rings is 1. The van der Waals surface area contributed by atoms with Crippen LogP contribution in [0.2, 0.25) is 0 Å². The highest BCUT2D eigenvalue weighted by Gasteiger charge is 2.23. The first-order chi connectivity index (χ1) is 11.2. The van der Waals surface area contributed by atoms with E-state index in [2.05, 4.69) is 10.4 Å². The molecule has 0 radical (unpaired) electrons. The molecule has 0 bridgehead atoms. The van der Waals surface area contributed by atoms with Gasteiger partial charge in [0, 0.05) is 16.2 Å². The molecular formula is C18H20FN3OS. The van der Waals surface area contributed by atoms with Crippen LogP contribution >= 0.6 is 11.3 Å². The second-order valence-corrected chi connectivity index (χ2v) is 7.93. The maximum atomic E-state index is 14.0. The van der Waals surface area contributed by atoms with Crippen LogP contribution in [-0.2, 0) is 5.54 Å². The number of carbonyl (C=O) groups is 1. The van der Waals surface area contributed by atoms with E-state index in [-0.39, 0.29) is 17.3 Å². The van der Waals surface area contributed by atoms with Gasteiger partial charge in [0.15, 0.2) is 0 Å². The van der Waals surface area contributed by atoms with E-state index >= 15 is 0 Å². The fraction of sp³-hybridized carbons (Fsp3) is 0.333. The van der Waals surface area contributed by atoms with Crippen molar-refractivity contribution in [1.29, 1.82) is 0 Å². The summed E-state index contributed by atoms with van der Waals surface area (Å²) < 4.78 is 16.6. The summed E-state index contributed by atoms with van der Waals surface area (Å²) in [6.07, 6.45) is 0. The van der Waals surface area contributed by atoms with Crippen molar-refractivity contribution in [3.63, 3.8) is 0 Å². The second-order valence-electron chi connectivity index (χ2n) is 6.88. The molecule has 0 aliphatic heterocycles. The van der Waals surface area contributed by atoms with Crippen LogP contribution < -0.4 is 5.32 Å². The Morgan fingerprint density at radius 1 is 1.29 bits per heavy atom. The monoisotopic (exact) mass is 345 g/mol. The van der Waals surface area contributed by atoms with Gasteiger partial charge in [0.2, 0.25) is 0 Å². The molecule has 0 saturated heterocycles. The normalized spacial score (nSPS) is 11.9. The van der Waals surface area contributed by atoms with Gasteiger partial charge in [-0.15, -0.1) is 11.3 Å². The average molecular weight is 345 g/mol. The van der Waals surface area contributed by atoms with Crippen molar-refractivity contribution < 1.29 is 9.18 Å². The molecule has 4 nitrogen and oxygen atoms in total. The topological polar surface area (TPSA) is 46.9 Å². The van der Waals surface area contributed by atoms with E-state index in [1.165, 1.54) is 17.4 Å². The van der Waals surface area contributed by atoms with Gasteiger partial charge < -0.3 is 5.32 Å².